The number of halogens is 2. The highest BCUT2D eigenvalue weighted by atomic mass is 35.5. The summed E-state index contributed by atoms with van der Waals surface area (Å²) in [7, 11) is 0. The van der Waals surface area contributed by atoms with Crippen LogP contribution < -0.4 is 5.73 Å². The number of imidazole rings is 1. The molecule has 0 amide bonds. The van der Waals surface area contributed by atoms with Crippen LogP contribution in [0.2, 0.25) is 5.15 Å². The zero-order chi connectivity index (χ0) is 12.8. The maximum absolute atomic E-state index is 13.9. The van der Waals surface area contributed by atoms with E-state index in [0.717, 1.165) is 0 Å². The highest BCUT2D eigenvalue weighted by Crippen LogP contribution is 2.32. The van der Waals surface area contributed by atoms with Gasteiger partial charge in [0.1, 0.15) is 17.0 Å². The van der Waals surface area contributed by atoms with Crippen molar-refractivity contribution in [3.8, 4) is 0 Å². The smallest absolute Gasteiger partial charge is 0.238 e. The predicted octanol–water partition coefficient (Wildman–Crippen LogP) is 2.21. The molecule has 2 aromatic heterocycles. The Bertz CT molecular complexity index is 560. The van der Waals surface area contributed by atoms with E-state index in [4.69, 9.17) is 17.3 Å². The van der Waals surface area contributed by atoms with Gasteiger partial charge in [-0.1, -0.05) is 18.5 Å². The van der Waals surface area contributed by atoms with Crippen molar-refractivity contribution in [3.05, 3.63) is 17.2 Å². The number of alkyl halides is 1. The molecule has 5 nitrogen and oxygen atoms in total. The molecular formula is C10H13ClFN5. The monoisotopic (exact) mass is 257 g/mol. The second-order valence-electron chi connectivity index (χ2n) is 4.46. The van der Waals surface area contributed by atoms with Gasteiger partial charge in [0.25, 0.3) is 0 Å². The number of anilines is 1. The minimum Gasteiger partial charge on any atom is -0.367 e. The number of hydrogen-bond acceptors (Lipinski definition) is 4. The molecule has 7 heteroatoms. The molecule has 2 aromatic rings. The van der Waals surface area contributed by atoms with Crippen molar-refractivity contribution < 1.29 is 4.39 Å². The SMILES string of the molecule is CC(c1nc(Cl)c2cnc(N)nn12)C(C)(C)F. The van der Waals surface area contributed by atoms with E-state index in [1.54, 1.807) is 6.92 Å². The molecule has 1 unspecified atom stereocenters. The first-order chi connectivity index (χ1) is 7.80. The molecule has 0 aliphatic rings. The minimum atomic E-state index is -1.43. The third kappa shape index (κ3) is 2.04. The van der Waals surface area contributed by atoms with Crippen LogP contribution in [0.1, 0.15) is 32.5 Å². The van der Waals surface area contributed by atoms with E-state index in [1.807, 2.05) is 0 Å². The number of fused-ring (bicyclic) bond motifs is 1. The van der Waals surface area contributed by atoms with Gasteiger partial charge in [0, 0.05) is 5.92 Å². The van der Waals surface area contributed by atoms with Gasteiger partial charge >= 0.3 is 0 Å². The summed E-state index contributed by atoms with van der Waals surface area (Å²) in [5.41, 5.74) is 4.60. The third-order valence-electron chi connectivity index (χ3n) is 2.81. The second kappa shape index (κ2) is 3.80. The first kappa shape index (κ1) is 12.0. The fourth-order valence-electron chi connectivity index (χ4n) is 1.47. The van der Waals surface area contributed by atoms with Gasteiger partial charge in [-0.25, -0.2) is 18.9 Å². The number of nitrogens with zero attached hydrogens (tertiary/aromatic N) is 4. The number of aromatic nitrogens is 4. The quantitative estimate of drug-likeness (QED) is 0.896. The highest BCUT2D eigenvalue weighted by Gasteiger charge is 2.31. The van der Waals surface area contributed by atoms with Gasteiger partial charge < -0.3 is 5.73 Å². The lowest BCUT2D eigenvalue weighted by molar-refractivity contribution is 0.174. The van der Waals surface area contributed by atoms with Gasteiger partial charge in [0.15, 0.2) is 5.15 Å². The Labute approximate surface area is 103 Å². The number of rotatable bonds is 2. The molecular weight excluding hydrogens is 245 g/mol. The van der Waals surface area contributed by atoms with Crippen molar-refractivity contribution in [3.63, 3.8) is 0 Å². The zero-order valence-corrected chi connectivity index (χ0v) is 10.5. The van der Waals surface area contributed by atoms with Gasteiger partial charge in [-0.05, 0) is 13.8 Å². The van der Waals surface area contributed by atoms with Crippen LogP contribution in [0.4, 0.5) is 10.3 Å². The van der Waals surface area contributed by atoms with Gasteiger partial charge in [0.2, 0.25) is 5.95 Å². The average Bonchev–Trinajstić information content (AvgIpc) is 2.53. The molecule has 0 aliphatic heterocycles. The van der Waals surface area contributed by atoms with E-state index < -0.39 is 11.6 Å². The number of nitrogens with two attached hydrogens (primary N) is 1. The topological polar surface area (TPSA) is 69.1 Å². The summed E-state index contributed by atoms with van der Waals surface area (Å²) >= 11 is 5.95. The van der Waals surface area contributed by atoms with E-state index in [1.165, 1.54) is 24.6 Å². The summed E-state index contributed by atoms with van der Waals surface area (Å²) < 4.78 is 15.4. The van der Waals surface area contributed by atoms with Gasteiger partial charge in [-0.3, -0.25) is 0 Å². The van der Waals surface area contributed by atoms with Gasteiger partial charge in [-0.15, -0.1) is 5.10 Å². The molecule has 1 atom stereocenters. The van der Waals surface area contributed by atoms with E-state index in [2.05, 4.69) is 15.1 Å². The zero-order valence-electron chi connectivity index (χ0n) is 9.78. The Kier molecular flexibility index (Phi) is 2.69. The first-order valence-corrected chi connectivity index (χ1v) is 5.54. The first-order valence-electron chi connectivity index (χ1n) is 5.16. The van der Waals surface area contributed by atoms with Crippen LogP contribution in [0, 0.1) is 0 Å². The lowest BCUT2D eigenvalue weighted by Crippen LogP contribution is -2.23. The molecule has 92 valence electrons. The molecule has 2 rings (SSSR count). The number of hydrogen-bond donors (Lipinski definition) is 1. The van der Waals surface area contributed by atoms with Crippen molar-refractivity contribution in [1.29, 1.82) is 0 Å². The molecule has 0 aromatic carbocycles. The average molecular weight is 258 g/mol. The Morgan fingerprint density at radius 3 is 2.76 bits per heavy atom. The lowest BCUT2D eigenvalue weighted by atomic mass is 9.94. The van der Waals surface area contributed by atoms with Crippen LogP contribution in [-0.4, -0.2) is 25.3 Å². The van der Waals surface area contributed by atoms with Crippen molar-refractivity contribution in [2.75, 3.05) is 5.73 Å². The molecule has 17 heavy (non-hydrogen) atoms. The van der Waals surface area contributed by atoms with E-state index >= 15 is 0 Å². The van der Waals surface area contributed by atoms with Crippen molar-refractivity contribution in [1.82, 2.24) is 19.6 Å². The molecule has 0 saturated heterocycles. The molecule has 2 heterocycles. The van der Waals surface area contributed by atoms with Crippen LogP contribution >= 0.6 is 11.6 Å². The van der Waals surface area contributed by atoms with Crippen LogP contribution in [0.5, 0.6) is 0 Å². The van der Waals surface area contributed by atoms with E-state index in [-0.39, 0.29) is 11.1 Å². The normalized spacial score (nSPS) is 14.2. The third-order valence-corrected chi connectivity index (χ3v) is 3.09. The summed E-state index contributed by atoms with van der Waals surface area (Å²) in [5, 5.41) is 4.25. The van der Waals surface area contributed by atoms with Crippen LogP contribution in [0.15, 0.2) is 6.20 Å². The van der Waals surface area contributed by atoms with Gasteiger partial charge in [-0.2, -0.15) is 0 Å². The molecule has 0 aliphatic carbocycles. The van der Waals surface area contributed by atoms with Crippen LogP contribution in [0.3, 0.4) is 0 Å². The fraction of sp³-hybridized carbons (Fsp3) is 0.500. The summed E-state index contributed by atoms with van der Waals surface area (Å²) in [5.74, 6) is 0.0695. The maximum Gasteiger partial charge on any atom is 0.238 e. The fourth-order valence-corrected chi connectivity index (χ4v) is 1.69. The summed E-state index contributed by atoms with van der Waals surface area (Å²) in [6.07, 6.45) is 1.47. The lowest BCUT2D eigenvalue weighted by Gasteiger charge is -2.21. The molecule has 2 N–H and O–H groups in total. The summed E-state index contributed by atoms with van der Waals surface area (Å²) in [4.78, 5) is 7.96. The standard InChI is InChI=1S/C10H13ClFN5/c1-5(10(2,3)12)8-15-7(11)6-4-14-9(13)16-17(6)8/h4-5H,1-3H3,(H2,13,16). The van der Waals surface area contributed by atoms with E-state index in [9.17, 15) is 4.39 Å². The van der Waals surface area contributed by atoms with Crippen molar-refractivity contribution in [2.24, 2.45) is 0 Å². The number of nitrogen functional groups attached to an aromatic ring is 1. The second-order valence-corrected chi connectivity index (χ2v) is 4.82. The van der Waals surface area contributed by atoms with Gasteiger partial charge in [0.05, 0.1) is 6.20 Å². The Morgan fingerprint density at radius 2 is 2.18 bits per heavy atom. The molecule has 0 bridgehead atoms. The summed E-state index contributed by atoms with van der Waals surface area (Å²) in [6, 6.07) is 0. The Morgan fingerprint density at radius 1 is 1.53 bits per heavy atom. The predicted molar refractivity (Wildman–Crippen MR) is 63.8 cm³/mol. The maximum atomic E-state index is 13.9. The minimum absolute atomic E-state index is 0.0941. The van der Waals surface area contributed by atoms with Crippen molar-refractivity contribution >= 4 is 23.1 Å². The summed E-state index contributed by atoms with van der Waals surface area (Å²) in [6.45, 7) is 4.69. The van der Waals surface area contributed by atoms with E-state index in [0.29, 0.717) is 11.3 Å². The highest BCUT2D eigenvalue weighted by molar-refractivity contribution is 6.32. The van der Waals surface area contributed by atoms with Crippen LogP contribution in [0.25, 0.3) is 5.52 Å². The molecule has 0 spiro atoms. The molecule has 0 radical (unpaired) electrons. The van der Waals surface area contributed by atoms with Crippen LogP contribution in [-0.2, 0) is 0 Å². The Balaban J connectivity index is 2.66. The van der Waals surface area contributed by atoms with Crippen molar-refractivity contribution in [2.45, 2.75) is 32.4 Å². The Hall–Kier alpha value is -1.43. The largest absolute Gasteiger partial charge is 0.367 e. The molecule has 0 fully saturated rings. The molecule has 0 saturated carbocycles.